The monoisotopic (exact) mass is 425 g/mol. The topological polar surface area (TPSA) is 76.3 Å². The Labute approximate surface area is 178 Å². The summed E-state index contributed by atoms with van der Waals surface area (Å²) in [4.78, 5) is 11.8. The maximum atomic E-state index is 12.7. The highest BCUT2D eigenvalue weighted by Gasteiger charge is 2.27. The molecule has 31 heavy (non-hydrogen) atoms. The predicted octanol–water partition coefficient (Wildman–Crippen LogP) is 5.76. The molecule has 1 saturated carbocycles. The van der Waals surface area contributed by atoms with E-state index < -0.39 is 12.7 Å². The summed E-state index contributed by atoms with van der Waals surface area (Å²) in [5.74, 6) is 0.521. The fourth-order valence-electron chi connectivity index (χ4n) is 3.70. The quantitative estimate of drug-likeness (QED) is 0.522. The first-order valence-electron chi connectivity index (χ1n) is 10.1. The van der Waals surface area contributed by atoms with Crippen molar-refractivity contribution in [3.05, 3.63) is 48.0 Å². The molecule has 0 spiro atoms. The lowest BCUT2D eigenvalue weighted by Crippen LogP contribution is -2.13. The summed E-state index contributed by atoms with van der Waals surface area (Å²) in [6.07, 6.45) is 1.60. The Kier molecular flexibility index (Phi) is 5.76. The molecule has 0 unspecified atom stereocenters. The third-order valence-corrected chi connectivity index (χ3v) is 5.17. The van der Waals surface area contributed by atoms with Gasteiger partial charge in [-0.05, 0) is 49.9 Å². The van der Waals surface area contributed by atoms with Crippen LogP contribution in [0.3, 0.4) is 0 Å². The van der Waals surface area contributed by atoms with Gasteiger partial charge in [0.15, 0.2) is 0 Å². The number of nitrogens with zero attached hydrogens (tertiary/aromatic N) is 2. The highest BCUT2D eigenvalue weighted by Crippen LogP contribution is 2.40. The zero-order valence-electron chi connectivity index (χ0n) is 16.9. The Balaban J connectivity index is 1.84. The van der Waals surface area contributed by atoms with Crippen molar-refractivity contribution in [3.8, 4) is 23.1 Å². The molecule has 1 N–H and O–H groups in total. The van der Waals surface area contributed by atoms with Crippen molar-refractivity contribution in [1.29, 1.82) is 5.26 Å². The van der Waals surface area contributed by atoms with Gasteiger partial charge in [0.1, 0.15) is 11.8 Å². The molecular weight excluding hydrogens is 404 g/mol. The Morgan fingerprint density at radius 2 is 2.10 bits per heavy atom. The van der Waals surface area contributed by atoms with Crippen LogP contribution in [0.2, 0.25) is 0 Å². The van der Waals surface area contributed by atoms with Gasteiger partial charge in [-0.15, -0.1) is 0 Å². The van der Waals surface area contributed by atoms with Crippen LogP contribution in [0.25, 0.3) is 22.2 Å². The van der Waals surface area contributed by atoms with Gasteiger partial charge in [0.25, 0.3) is 0 Å². The number of nitriles is 1. The molecule has 0 aliphatic heterocycles. The molecule has 0 saturated heterocycles. The van der Waals surface area contributed by atoms with Gasteiger partial charge >= 0.3 is 12.7 Å². The summed E-state index contributed by atoms with van der Waals surface area (Å²) >= 11 is 0. The number of amides is 1. The Bertz CT molecular complexity index is 1160. The van der Waals surface area contributed by atoms with Crippen LogP contribution < -0.4 is 10.1 Å². The van der Waals surface area contributed by atoms with E-state index >= 15 is 0 Å². The zero-order valence-corrected chi connectivity index (χ0v) is 16.9. The van der Waals surface area contributed by atoms with E-state index in [1.165, 1.54) is 6.07 Å². The molecule has 1 aromatic heterocycles. The number of benzene rings is 2. The number of hydrogen-bond acceptors (Lipinski definition) is 4. The largest absolute Gasteiger partial charge is 0.450 e. The molecule has 1 aliphatic rings. The number of rotatable bonds is 7. The Morgan fingerprint density at radius 1 is 1.29 bits per heavy atom. The van der Waals surface area contributed by atoms with E-state index in [2.05, 4.69) is 16.1 Å². The van der Waals surface area contributed by atoms with E-state index in [9.17, 15) is 18.8 Å². The maximum absolute atomic E-state index is 12.7. The number of carbonyl (C=O) groups excluding carboxylic acids is 1. The second kappa shape index (κ2) is 8.64. The van der Waals surface area contributed by atoms with Crippen LogP contribution in [0.5, 0.6) is 5.75 Å². The normalized spacial score (nSPS) is 13.3. The van der Waals surface area contributed by atoms with Crippen LogP contribution in [-0.2, 0) is 11.3 Å². The van der Waals surface area contributed by atoms with E-state index in [0.29, 0.717) is 40.3 Å². The number of carbonyl (C=O) groups is 1. The predicted molar refractivity (Wildman–Crippen MR) is 112 cm³/mol. The average molecular weight is 425 g/mol. The van der Waals surface area contributed by atoms with Gasteiger partial charge in [0, 0.05) is 29.2 Å². The molecule has 0 bridgehead atoms. The molecule has 0 radical (unpaired) electrons. The lowest BCUT2D eigenvalue weighted by Gasteiger charge is -2.13. The molecule has 6 nitrogen and oxygen atoms in total. The SMILES string of the molecule is CCOC(=O)Nc1cccc(-c2c(C#N)c3ccc(OC(F)F)cc3n2CC2CC2)c1. The third kappa shape index (κ3) is 4.45. The molecule has 8 heteroatoms. The zero-order chi connectivity index (χ0) is 22.0. The molecule has 160 valence electrons. The highest BCUT2D eigenvalue weighted by atomic mass is 19.3. The molecule has 2 aromatic carbocycles. The summed E-state index contributed by atoms with van der Waals surface area (Å²) in [7, 11) is 0. The van der Waals surface area contributed by atoms with Crippen molar-refractivity contribution in [1.82, 2.24) is 4.57 Å². The lowest BCUT2D eigenvalue weighted by atomic mass is 10.1. The van der Waals surface area contributed by atoms with Crippen LogP contribution in [0, 0.1) is 17.2 Å². The minimum Gasteiger partial charge on any atom is -0.450 e. The molecule has 1 heterocycles. The van der Waals surface area contributed by atoms with Crippen LogP contribution in [-0.4, -0.2) is 23.9 Å². The van der Waals surface area contributed by atoms with Crippen LogP contribution in [0.4, 0.5) is 19.3 Å². The first kappa shape index (κ1) is 20.7. The summed E-state index contributed by atoms with van der Waals surface area (Å²) in [5.41, 5.74) is 3.07. The number of alkyl halides is 2. The van der Waals surface area contributed by atoms with E-state index in [4.69, 9.17) is 4.74 Å². The van der Waals surface area contributed by atoms with E-state index in [1.54, 1.807) is 37.3 Å². The van der Waals surface area contributed by atoms with Gasteiger partial charge in [-0.25, -0.2) is 4.79 Å². The van der Waals surface area contributed by atoms with Crippen molar-refractivity contribution >= 4 is 22.7 Å². The molecular formula is C23H21F2N3O3. The summed E-state index contributed by atoms with van der Waals surface area (Å²) < 4.78 is 37.0. The average Bonchev–Trinajstić information content (AvgIpc) is 3.49. The van der Waals surface area contributed by atoms with E-state index in [0.717, 1.165) is 18.4 Å². The van der Waals surface area contributed by atoms with E-state index in [-0.39, 0.29) is 12.4 Å². The van der Waals surface area contributed by atoms with Gasteiger partial charge in [0.2, 0.25) is 0 Å². The molecule has 0 atom stereocenters. The van der Waals surface area contributed by atoms with Crippen LogP contribution >= 0.6 is 0 Å². The molecule has 1 amide bonds. The number of halogens is 2. The van der Waals surface area contributed by atoms with Crippen LogP contribution in [0.15, 0.2) is 42.5 Å². The second-order valence-corrected chi connectivity index (χ2v) is 7.37. The molecule has 3 aromatic rings. The minimum atomic E-state index is -2.93. The number of hydrogen-bond donors (Lipinski definition) is 1. The first-order chi connectivity index (χ1) is 15.0. The molecule has 1 fully saturated rings. The van der Waals surface area contributed by atoms with Crippen molar-refractivity contribution in [3.63, 3.8) is 0 Å². The van der Waals surface area contributed by atoms with Crippen molar-refractivity contribution < 1.29 is 23.0 Å². The van der Waals surface area contributed by atoms with Gasteiger partial charge < -0.3 is 14.0 Å². The lowest BCUT2D eigenvalue weighted by molar-refractivity contribution is -0.0497. The number of nitrogens with one attached hydrogen (secondary N) is 1. The number of anilines is 1. The molecule has 1 aliphatic carbocycles. The van der Waals surface area contributed by atoms with Gasteiger partial charge in [-0.2, -0.15) is 14.0 Å². The summed E-state index contributed by atoms with van der Waals surface area (Å²) in [6, 6.07) is 14.0. The van der Waals surface area contributed by atoms with Crippen LogP contribution in [0.1, 0.15) is 25.3 Å². The Morgan fingerprint density at radius 3 is 2.77 bits per heavy atom. The Hall–Kier alpha value is -3.60. The molecule has 4 rings (SSSR count). The summed E-state index contributed by atoms with van der Waals surface area (Å²) in [6.45, 7) is -0.286. The number of aromatic nitrogens is 1. The van der Waals surface area contributed by atoms with Crippen molar-refractivity contribution in [2.75, 3.05) is 11.9 Å². The highest BCUT2D eigenvalue weighted by molar-refractivity contribution is 5.96. The fourth-order valence-corrected chi connectivity index (χ4v) is 3.70. The second-order valence-electron chi connectivity index (χ2n) is 7.37. The maximum Gasteiger partial charge on any atom is 0.411 e. The first-order valence-corrected chi connectivity index (χ1v) is 10.1. The summed E-state index contributed by atoms with van der Waals surface area (Å²) in [5, 5.41) is 13.3. The van der Waals surface area contributed by atoms with Gasteiger partial charge in [0.05, 0.1) is 23.4 Å². The van der Waals surface area contributed by atoms with Crippen molar-refractivity contribution in [2.45, 2.75) is 32.9 Å². The van der Waals surface area contributed by atoms with Gasteiger partial charge in [-0.1, -0.05) is 12.1 Å². The fraction of sp³-hybridized carbons (Fsp3) is 0.304. The van der Waals surface area contributed by atoms with Gasteiger partial charge in [-0.3, -0.25) is 5.32 Å². The standard InChI is InChI=1S/C23H21F2N3O3/c1-2-30-23(29)27-16-5-3-4-15(10-16)21-19(12-26)18-9-8-17(31-22(24)25)11-20(18)28(21)13-14-6-7-14/h3-5,8-11,14,22H,2,6-7,13H2,1H3,(H,27,29). The number of ether oxygens (including phenoxy) is 2. The minimum absolute atomic E-state index is 0.0471. The smallest absolute Gasteiger partial charge is 0.411 e. The third-order valence-electron chi connectivity index (χ3n) is 5.17. The van der Waals surface area contributed by atoms with Crippen molar-refractivity contribution in [2.24, 2.45) is 5.92 Å². The van der Waals surface area contributed by atoms with E-state index in [1.807, 2.05) is 10.6 Å². The number of fused-ring (bicyclic) bond motifs is 1.